The molecule has 2 aromatic rings. The Kier molecular flexibility index (Phi) is 5.35. The minimum absolute atomic E-state index is 0.189. The second kappa shape index (κ2) is 7.85. The molecule has 3 rings (SSSR count). The van der Waals surface area contributed by atoms with Gasteiger partial charge in [-0.3, -0.25) is 0 Å². The summed E-state index contributed by atoms with van der Waals surface area (Å²) < 4.78 is 5.11. The monoisotopic (exact) mass is 342 g/mol. The fourth-order valence-corrected chi connectivity index (χ4v) is 2.81. The number of aliphatic hydroxyl groups is 1. The SMILES string of the molecule is COc1ncccc1NC(=O)Nc1ccc(N2CCC(O)CC2)cc1. The van der Waals surface area contributed by atoms with E-state index >= 15 is 0 Å². The lowest BCUT2D eigenvalue weighted by atomic mass is 10.1. The number of aliphatic hydroxyl groups excluding tert-OH is 1. The molecule has 0 unspecified atom stereocenters. The van der Waals surface area contributed by atoms with Crippen LogP contribution in [0.5, 0.6) is 5.88 Å². The highest BCUT2D eigenvalue weighted by Gasteiger charge is 2.17. The van der Waals surface area contributed by atoms with Gasteiger partial charge in [0, 0.05) is 30.7 Å². The molecule has 1 fully saturated rings. The fourth-order valence-electron chi connectivity index (χ4n) is 2.81. The third-order valence-electron chi connectivity index (χ3n) is 4.17. The first kappa shape index (κ1) is 17.0. The quantitative estimate of drug-likeness (QED) is 0.795. The van der Waals surface area contributed by atoms with Gasteiger partial charge in [-0.25, -0.2) is 9.78 Å². The first-order valence-electron chi connectivity index (χ1n) is 8.26. The Morgan fingerprint density at radius 3 is 2.60 bits per heavy atom. The van der Waals surface area contributed by atoms with Crippen LogP contribution in [0, 0.1) is 0 Å². The van der Waals surface area contributed by atoms with Crippen LogP contribution >= 0.6 is 0 Å². The van der Waals surface area contributed by atoms with Gasteiger partial charge in [0.15, 0.2) is 0 Å². The number of hydrogen-bond acceptors (Lipinski definition) is 5. The van der Waals surface area contributed by atoms with Crippen LogP contribution in [0.25, 0.3) is 0 Å². The van der Waals surface area contributed by atoms with Crippen LogP contribution in [-0.4, -0.2) is 42.4 Å². The first-order chi connectivity index (χ1) is 12.2. The van der Waals surface area contributed by atoms with E-state index < -0.39 is 0 Å². The molecule has 25 heavy (non-hydrogen) atoms. The maximum Gasteiger partial charge on any atom is 0.323 e. The number of carbonyl (C=O) groups is 1. The van der Waals surface area contributed by atoms with Crippen molar-refractivity contribution in [3.63, 3.8) is 0 Å². The largest absolute Gasteiger partial charge is 0.480 e. The lowest BCUT2D eigenvalue weighted by molar-refractivity contribution is 0.145. The third kappa shape index (κ3) is 4.39. The maximum atomic E-state index is 12.1. The smallest absolute Gasteiger partial charge is 0.323 e. The zero-order valence-corrected chi connectivity index (χ0v) is 14.1. The van der Waals surface area contributed by atoms with Crippen molar-refractivity contribution in [3.8, 4) is 5.88 Å². The van der Waals surface area contributed by atoms with Crippen LogP contribution in [0.4, 0.5) is 21.9 Å². The Hall–Kier alpha value is -2.80. The van der Waals surface area contributed by atoms with Crippen LogP contribution in [0.2, 0.25) is 0 Å². The Bertz CT molecular complexity index is 713. The van der Waals surface area contributed by atoms with E-state index in [1.807, 2.05) is 24.3 Å². The van der Waals surface area contributed by atoms with Crippen molar-refractivity contribution >= 4 is 23.1 Å². The van der Waals surface area contributed by atoms with Gasteiger partial charge in [0.05, 0.1) is 13.2 Å². The Morgan fingerprint density at radius 1 is 1.20 bits per heavy atom. The number of aromatic nitrogens is 1. The number of hydrogen-bond donors (Lipinski definition) is 3. The molecule has 2 amide bonds. The van der Waals surface area contributed by atoms with E-state index in [0.29, 0.717) is 17.3 Å². The number of rotatable bonds is 4. The molecule has 1 aliphatic rings. The normalized spacial score (nSPS) is 14.9. The van der Waals surface area contributed by atoms with Gasteiger partial charge in [-0.05, 0) is 49.2 Å². The van der Waals surface area contributed by atoms with Gasteiger partial charge >= 0.3 is 6.03 Å². The number of amides is 2. The van der Waals surface area contributed by atoms with E-state index in [1.54, 1.807) is 18.3 Å². The van der Waals surface area contributed by atoms with E-state index in [1.165, 1.54) is 7.11 Å². The van der Waals surface area contributed by atoms with Crippen molar-refractivity contribution in [2.45, 2.75) is 18.9 Å². The number of urea groups is 1. The molecule has 7 nitrogen and oxygen atoms in total. The predicted molar refractivity (Wildman–Crippen MR) is 97.3 cm³/mol. The standard InChI is InChI=1S/C18H22N4O3/c1-25-17-16(3-2-10-19-17)21-18(24)20-13-4-6-14(7-5-13)22-11-8-15(23)9-12-22/h2-7,10,15,23H,8-9,11-12H2,1H3,(H2,20,21,24). The van der Waals surface area contributed by atoms with Gasteiger partial charge in [0.2, 0.25) is 5.88 Å². The number of carbonyl (C=O) groups excluding carboxylic acids is 1. The second-order valence-corrected chi connectivity index (χ2v) is 5.90. The minimum atomic E-state index is -0.361. The summed E-state index contributed by atoms with van der Waals surface area (Å²) in [5, 5.41) is 15.1. The van der Waals surface area contributed by atoms with Crippen molar-refractivity contribution < 1.29 is 14.6 Å². The summed E-state index contributed by atoms with van der Waals surface area (Å²) in [4.78, 5) is 18.4. The molecule has 0 spiro atoms. The van der Waals surface area contributed by atoms with Gasteiger partial charge in [-0.15, -0.1) is 0 Å². The van der Waals surface area contributed by atoms with Crippen molar-refractivity contribution in [2.24, 2.45) is 0 Å². The number of methoxy groups -OCH3 is 1. The fraction of sp³-hybridized carbons (Fsp3) is 0.333. The van der Waals surface area contributed by atoms with Crippen LogP contribution in [0.1, 0.15) is 12.8 Å². The van der Waals surface area contributed by atoms with Crippen molar-refractivity contribution in [1.29, 1.82) is 0 Å². The van der Waals surface area contributed by atoms with Gasteiger partial charge in [0.1, 0.15) is 5.69 Å². The summed E-state index contributed by atoms with van der Waals surface area (Å²) >= 11 is 0. The van der Waals surface area contributed by atoms with E-state index in [-0.39, 0.29) is 12.1 Å². The topological polar surface area (TPSA) is 86.7 Å². The lowest BCUT2D eigenvalue weighted by Gasteiger charge is -2.31. The van der Waals surface area contributed by atoms with E-state index in [2.05, 4.69) is 20.5 Å². The molecule has 0 bridgehead atoms. The molecule has 1 aromatic heterocycles. The molecule has 0 radical (unpaired) electrons. The molecule has 132 valence electrons. The number of nitrogens with one attached hydrogen (secondary N) is 2. The Morgan fingerprint density at radius 2 is 1.92 bits per heavy atom. The van der Waals surface area contributed by atoms with Gasteiger partial charge in [-0.2, -0.15) is 0 Å². The van der Waals surface area contributed by atoms with Crippen LogP contribution in [0.15, 0.2) is 42.6 Å². The van der Waals surface area contributed by atoms with E-state index in [0.717, 1.165) is 31.6 Å². The molecule has 7 heteroatoms. The van der Waals surface area contributed by atoms with Crippen LogP contribution < -0.4 is 20.3 Å². The first-order valence-corrected chi connectivity index (χ1v) is 8.26. The summed E-state index contributed by atoms with van der Waals surface area (Å²) in [7, 11) is 1.50. The number of anilines is 3. The molecule has 2 heterocycles. The molecule has 1 saturated heterocycles. The Labute approximate surface area is 146 Å². The predicted octanol–water partition coefficient (Wildman–Crippen LogP) is 2.70. The maximum absolute atomic E-state index is 12.1. The summed E-state index contributed by atoms with van der Waals surface area (Å²) in [5.41, 5.74) is 2.29. The summed E-state index contributed by atoms with van der Waals surface area (Å²) in [6, 6.07) is 10.7. The van der Waals surface area contributed by atoms with E-state index in [9.17, 15) is 9.90 Å². The molecule has 0 atom stereocenters. The number of benzene rings is 1. The van der Waals surface area contributed by atoms with Crippen LogP contribution in [0.3, 0.4) is 0 Å². The van der Waals surface area contributed by atoms with Gasteiger partial charge < -0.3 is 25.4 Å². The van der Waals surface area contributed by atoms with Crippen molar-refractivity contribution in [1.82, 2.24) is 4.98 Å². The summed E-state index contributed by atoms with van der Waals surface area (Å²) in [6.07, 6.45) is 2.98. The lowest BCUT2D eigenvalue weighted by Crippen LogP contribution is -2.35. The molecule has 0 saturated carbocycles. The number of pyridine rings is 1. The zero-order chi connectivity index (χ0) is 17.6. The van der Waals surface area contributed by atoms with Crippen LogP contribution in [-0.2, 0) is 0 Å². The highest BCUT2D eigenvalue weighted by Crippen LogP contribution is 2.23. The average molecular weight is 342 g/mol. The highest BCUT2D eigenvalue weighted by atomic mass is 16.5. The van der Waals surface area contributed by atoms with Gasteiger partial charge in [0.25, 0.3) is 0 Å². The molecule has 1 aromatic carbocycles. The third-order valence-corrected chi connectivity index (χ3v) is 4.17. The molecule has 3 N–H and O–H groups in total. The second-order valence-electron chi connectivity index (χ2n) is 5.90. The molecular formula is C18H22N4O3. The Balaban J connectivity index is 1.58. The number of piperidine rings is 1. The summed E-state index contributed by atoms with van der Waals surface area (Å²) in [6.45, 7) is 1.68. The highest BCUT2D eigenvalue weighted by molar-refractivity contribution is 6.00. The average Bonchev–Trinajstić information content (AvgIpc) is 2.63. The van der Waals surface area contributed by atoms with Crippen molar-refractivity contribution in [2.75, 3.05) is 35.7 Å². The zero-order valence-electron chi connectivity index (χ0n) is 14.1. The minimum Gasteiger partial charge on any atom is -0.480 e. The molecule has 1 aliphatic heterocycles. The van der Waals surface area contributed by atoms with E-state index in [4.69, 9.17) is 4.74 Å². The summed E-state index contributed by atoms with van der Waals surface area (Å²) in [5.74, 6) is 0.361. The number of ether oxygens (including phenoxy) is 1. The number of nitrogens with zero attached hydrogens (tertiary/aromatic N) is 2. The molecule has 0 aliphatic carbocycles. The molecular weight excluding hydrogens is 320 g/mol. The van der Waals surface area contributed by atoms with Gasteiger partial charge in [-0.1, -0.05) is 0 Å². The van der Waals surface area contributed by atoms with Crippen molar-refractivity contribution in [3.05, 3.63) is 42.6 Å².